The summed E-state index contributed by atoms with van der Waals surface area (Å²) in [5, 5.41) is 8.48. The van der Waals surface area contributed by atoms with E-state index < -0.39 is 0 Å². The van der Waals surface area contributed by atoms with E-state index in [2.05, 4.69) is 24.3 Å². The molecule has 0 fully saturated rings. The van der Waals surface area contributed by atoms with Gasteiger partial charge < -0.3 is 5.32 Å². The van der Waals surface area contributed by atoms with Crippen molar-refractivity contribution in [2.75, 3.05) is 5.32 Å². The highest BCUT2D eigenvalue weighted by Crippen LogP contribution is 2.24. The van der Waals surface area contributed by atoms with Gasteiger partial charge in [0.25, 0.3) is 11.5 Å². The molecule has 1 heterocycles. The van der Waals surface area contributed by atoms with Crippen molar-refractivity contribution in [3.05, 3.63) is 106 Å². The van der Waals surface area contributed by atoms with Crippen LogP contribution in [0.4, 0.5) is 5.69 Å². The number of fused-ring (bicyclic) bond motifs is 1. The number of rotatable bonds is 5. The number of carbonyl (C=O) groups excluding carboxylic acids is 1. The molecule has 4 rings (SSSR count). The van der Waals surface area contributed by atoms with E-state index in [1.807, 2.05) is 60.7 Å². The summed E-state index contributed by atoms with van der Waals surface area (Å²) in [5.41, 5.74) is 2.77. The van der Waals surface area contributed by atoms with Gasteiger partial charge in [-0.05, 0) is 29.2 Å². The van der Waals surface area contributed by atoms with Crippen LogP contribution in [0.1, 0.15) is 41.4 Å². The Hall–Kier alpha value is -3.73. The van der Waals surface area contributed by atoms with Crippen molar-refractivity contribution >= 4 is 22.4 Å². The number of carbonyl (C=O) groups is 1. The molecule has 1 aromatic heterocycles. The Morgan fingerprint density at radius 3 is 2.27 bits per heavy atom. The largest absolute Gasteiger partial charge is 0.320 e. The first kappa shape index (κ1) is 19.6. The molecule has 0 unspecified atom stereocenters. The van der Waals surface area contributed by atoms with E-state index in [1.54, 1.807) is 18.2 Å². The molecule has 0 aliphatic rings. The van der Waals surface area contributed by atoms with Gasteiger partial charge in [0.15, 0.2) is 5.69 Å². The first-order valence-electron chi connectivity index (χ1n) is 9.98. The van der Waals surface area contributed by atoms with Crippen molar-refractivity contribution < 1.29 is 4.79 Å². The third-order valence-corrected chi connectivity index (χ3v) is 5.09. The third-order valence-electron chi connectivity index (χ3n) is 5.09. The van der Waals surface area contributed by atoms with Crippen LogP contribution < -0.4 is 10.9 Å². The Kier molecular flexibility index (Phi) is 5.44. The summed E-state index contributed by atoms with van der Waals surface area (Å²) in [5.74, 6) is -0.0700. The van der Waals surface area contributed by atoms with Crippen LogP contribution in [0.25, 0.3) is 10.8 Å². The van der Waals surface area contributed by atoms with Crippen molar-refractivity contribution in [1.29, 1.82) is 0 Å². The topological polar surface area (TPSA) is 64.0 Å². The van der Waals surface area contributed by atoms with Gasteiger partial charge in [0.05, 0.1) is 11.9 Å². The molecule has 0 saturated heterocycles. The number of hydrogen-bond acceptors (Lipinski definition) is 3. The van der Waals surface area contributed by atoms with Crippen LogP contribution in [0.15, 0.2) is 83.7 Å². The molecular weight excluding hydrogens is 374 g/mol. The number of benzene rings is 3. The summed E-state index contributed by atoms with van der Waals surface area (Å²) in [6, 6.07) is 24.5. The standard InChI is InChI=1S/C25H23N3O2/c1-17(2)19-12-8-9-15-22(19)26-24(29)23-20-13-6-7-14-21(20)25(30)28(27-23)16-18-10-4-3-5-11-18/h3-15,17H,16H2,1-2H3,(H,26,29). The minimum Gasteiger partial charge on any atom is -0.320 e. The molecule has 5 heteroatoms. The quantitative estimate of drug-likeness (QED) is 0.525. The van der Waals surface area contributed by atoms with E-state index >= 15 is 0 Å². The molecule has 0 radical (unpaired) electrons. The van der Waals surface area contributed by atoms with Gasteiger partial charge in [0, 0.05) is 11.1 Å². The molecule has 0 spiro atoms. The highest BCUT2D eigenvalue weighted by atomic mass is 16.2. The number of hydrogen-bond donors (Lipinski definition) is 1. The lowest BCUT2D eigenvalue weighted by Crippen LogP contribution is -2.28. The number of nitrogens with zero attached hydrogens (tertiary/aromatic N) is 2. The SMILES string of the molecule is CC(C)c1ccccc1NC(=O)c1nn(Cc2ccccc2)c(=O)c2ccccc12. The second kappa shape index (κ2) is 8.33. The van der Waals surface area contributed by atoms with Crippen LogP contribution in [0.2, 0.25) is 0 Å². The van der Waals surface area contributed by atoms with E-state index in [1.165, 1.54) is 4.68 Å². The number of aromatic nitrogens is 2. The predicted molar refractivity (Wildman–Crippen MR) is 120 cm³/mol. The average molecular weight is 397 g/mol. The van der Waals surface area contributed by atoms with Gasteiger partial charge in [-0.25, -0.2) is 4.68 Å². The van der Waals surface area contributed by atoms with Gasteiger partial charge in [0.2, 0.25) is 0 Å². The van der Waals surface area contributed by atoms with E-state index in [0.717, 1.165) is 16.8 Å². The van der Waals surface area contributed by atoms with Gasteiger partial charge in [-0.2, -0.15) is 5.10 Å². The fourth-order valence-corrected chi connectivity index (χ4v) is 3.56. The third kappa shape index (κ3) is 3.87. The van der Waals surface area contributed by atoms with Gasteiger partial charge >= 0.3 is 0 Å². The maximum Gasteiger partial charge on any atom is 0.276 e. The summed E-state index contributed by atoms with van der Waals surface area (Å²) in [7, 11) is 0. The van der Waals surface area contributed by atoms with Gasteiger partial charge in [0.1, 0.15) is 0 Å². The molecule has 4 aromatic rings. The Bertz CT molecular complexity index is 1260. The number of amides is 1. The Morgan fingerprint density at radius 1 is 0.900 bits per heavy atom. The summed E-state index contributed by atoms with van der Waals surface area (Å²) < 4.78 is 1.36. The summed E-state index contributed by atoms with van der Waals surface area (Å²) in [6.07, 6.45) is 0. The van der Waals surface area contributed by atoms with Crippen molar-refractivity contribution in [1.82, 2.24) is 9.78 Å². The fourth-order valence-electron chi connectivity index (χ4n) is 3.56. The molecule has 0 aliphatic carbocycles. The minimum absolute atomic E-state index is 0.214. The average Bonchev–Trinajstić information content (AvgIpc) is 2.76. The zero-order valence-corrected chi connectivity index (χ0v) is 17.0. The molecule has 1 amide bonds. The second-order valence-corrected chi connectivity index (χ2v) is 7.54. The summed E-state index contributed by atoms with van der Waals surface area (Å²) in [4.78, 5) is 26.2. The van der Waals surface area contributed by atoms with Crippen molar-refractivity contribution in [3.8, 4) is 0 Å². The lowest BCUT2D eigenvalue weighted by atomic mass is 10.0. The van der Waals surface area contributed by atoms with Crippen LogP contribution in [0.5, 0.6) is 0 Å². The second-order valence-electron chi connectivity index (χ2n) is 7.54. The van der Waals surface area contributed by atoms with Gasteiger partial charge in [-0.15, -0.1) is 0 Å². The Morgan fingerprint density at radius 2 is 1.53 bits per heavy atom. The zero-order chi connectivity index (χ0) is 21.1. The van der Waals surface area contributed by atoms with Crippen LogP contribution in [-0.2, 0) is 6.54 Å². The molecule has 0 bridgehead atoms. The summed E-state index contributed by atoms with van der Waals surface area (Å²) in [6.45, 7) is 4.46. The predicted octanol–water partition coefficient (Wildman–Crippen LogP) is 4.82. The maximum absolute atomic E-state index is 13.2. The van der Waals surface area contributed by atoms with Crippen LogP contribution in [-0.4, -0.2) is 15.7 Å². The molecule has 1 N–H and O–H groups in total. The lowest BCUT2D eigenvalue weighted by Gasteiger charge is -2.15. The van der Waals surface area contributed by atoms with E-state index in [4.69, 9.17) is 0 Å². The van der Waals surface area contributed by atoms with Crippen molar-refractivity contribution in [2.45, 2.75) is 26.3 Å². The highest BCUT2D eigenvalue weighted by Gasteiger charge is 2.18. The molecule has 150 valence electrons. The summed E-state index contributed by atoms with van der Waals surface area (Å²) >= 11 is 0. The molecule has 30 heavy (non-hydrogen) atoms. The van der Waals surface area contributed by atoms with Crippen LogP contribution in [0, 0.1) is 0 Å². The highest BCUT2D eigenvalue weighted by molar-refractivity contribution is 6.11. The first-order chi connectivity index (χ1) is 14.5. The molecule has 3 aromatic carbocycles. The smallest absolute Gasteiger partial charge is 0.276 e. The Balaban J connectivity index is 1.79. The molecular formula is C25H23N3O2. The maximum atomic E-state index is 13.2. The number of para-hydroxylation sites is 1. The molecule has 5 nitrogen and oxygen atoms in total. The van der Waals surface area contributed by atoms with E-state index in [-0.39, 0.29) is 23.1 Å². The normalized spacial score (nSPS) is 11.0. The Labute approximate surface area is 175 Å². The van der Waals surface area contributed by atoms with Gasteiger partial charge in [-0.1, -0.05) is 80.6 Å². The monoisotopic (exact) mass is 397 g/mol. The van der Waals surface area contributed by atoms with Crippen LogP contribution >= 0.6 is 0 Å². The van der Waals surface area contributed by atoms with Gasteiger partial charge in [-0.3, -0.25) is 9.59 Å². The number of nitrogens with one attached hydrogen (secondary N) is 1. The zero-order valence-electron chi connectivity index (χ0n) is 17.0. The number of anilines is 1. The van der Waals surface area contributed by atoms with Crippen LogP contribution in [0.3, 0.4) is 0 Å². The van der Waals surface area contributed by atoms with E-state index in [0.29, 0.717) is 17.3 Å². The van der Waals surface area contributed by atoms with E-state index in [9.17, 15) is 9.59 Å². The first-order valence-corrected chi connectivity index (χ1v) is 9.98. The molecule has 0 atom stereocenters. The lowest BCUT2D eigenvalue weighted by molar-refractivity contribution is 0.102. The molecule has 0 saturated carbocycles. The van der Waals surface area contributed by atoms with Crippen molar-refractivity contribution in [2.24, 2.45) is 0 Å². The fraction of sp³-hybridized carbons (Fsp3) is 0.160. The van der Waals surface area contributed by atoms with Crippen molar-refractivity contribution in [3.63, 3.8) is 0 Å². The molecule has 0 aliphatic heterocycles. The minimum atomic E-state index is -0.332.